The van der Waals surface area contributed by atoms with Crippen LogP contribution in [0.4, 0.5) is 4.79 Å². The first-order valence-corrected chi connectivity index (χ1v) is 7.84. The molecule has 0 N–H and O–H groups in total. The molecule has 1 aromatic rings. The first-order valence-electron chi connectivity index (χ1n) is 7.84. The number of carbonyl (C=O) groups is 2. The van der Waals surface area contributed by atoms with Crippen LogP contribution in [-0.2, 0) is 14.3 Å². The molecule has 1 fully saturated rings. The molecule has 1 atom stereocenters. The van der Waals surface area contributed by atoms with Crippen LogP contribution in [0.15, 0.2) is 30.3 Å². The van der Waals surface area contributed by atoms with Crippen molar-refractivity contribution in [3.05, 3.63) is 35.9 Å². The van der Waals surface area contributed by atoms with Gasteiger partial charge in [0.15, 0.2) is 0 Å². The SMILES string of the molecule is CC(C)(C)OC(=O)CN1C(=O)OC(C)(C)C[C@@H]1c1ccccc1. The maximum absolute atomic E-state index is 12.4. The summed E-state index contributed by atoms with van der Waals surface area (Å²) >= 11 is 0. The summed E-state index contributed by atoms with van der Waals surface area (Å²) in [6.07, 6.45) is 0.131. The smallest absolute Gasteiger partial charge is 0.411 e. The topological polar surface area (TPSA) is 55.8 Å². The third-order valence-electron chi connectivity index (χ3n) is 3.56. The zero-order valence-corrected chi connectivity index (χ0v) is 14.5. The molecule has 0 aromatic heterocycles. The molecule has 1 aliphatic heterocycles. The van der Waals surface area contributed by atoms with Crippen LogP contribution in [0.25, 0.3) is 0 Å². The van der Waals surface area contributed by atoms with E-state index in [2.05, 4.69) is 0 Å². The van der Waals surface area contributed by atoms with Crippen LogP contribution in [0.2, 0.25) is 0 Å². The minimum Gasteiger partial charge on any atom is -0.459 e. The largest absolute Gasteiger partial charge is 0.459 e. The minimum atomic E-state index is -0.585. The Morgan fingerprint density at radius 3 is 2.48 bits per heavy atom. The number of amides is 1. The lowest BCUT2D eigenvalue weighted by atomic mass is 9.91. The van der Waals surface area contributed by atoms with Crippen molar-refractivity contribution in [2.75, 3.05) is 6.54 Å². The Balaban J connectivity index is 2.23. The molecule has 23 heavy (non-hydrogen) atoms. The summed E-state index contributed by atoms with van der Waals surface area (Å²) in [5.74, 6) is -0.435. The number of nitrogens with zero attached hydrogens (tertiary/aromatic N) is 1. The van der Waals surface area contributed by atoms with Gasteiger partial charge in [0.05, 0.1) is 6.04 Å². The second kappa shape index (κ2) is 6.22. The van der Waals surface area contributed by atoms with Crippen molar-refractivity contribution < 1.29 is 19.1 Å². The van der Waals surface area contributed by atoms with Crippen LogP contribution >= 0.6 is 0 Å². The average molecular weight is 319 g/mol. The van der Waals surface area contributed by atoms with Gasteiger partial charge in [0.25, 0.3) is 0 Å². The molecule has 0 radical (unpaired) electrons. The molecule has 126 valence electrons. The van der Waals surface area contributed by atoms with E-state index >= 15 is 0 Å². The predicted molar refractivity (Wildman–Crippen MR) is 86.9 cm³/mol. The fourth-order valence-electron chi connectivity index (χ4n) is 2.70. The van der Waals surface area contributed by atoms with E-state index in [1.54, 1.807) is 20.8 Å². The van der Waals surface area contributed by atoms with Crippen molar-refractivity contribution in [2.24, 2.45) is 0 Å². The van der Waals surface area contributed by atoms with Crippen LogP contribution in [0, 0.1) is 0 Å². The van der Waals surface area contributed by atoms with Gasteiger partial charge in [0.2, 0.25) is 0 Å². The van der Waals surface area contributed by atoms with Gasteiger partial charge in [-0.2, -0.15) is 0 Å². The number of ether oxygens (including phenoxy) is 2. The summed E-state index contributed by atoms with van der Waals surface area (Å²) in [5, 5.41) is 0. The maximum atomic E-state index is 12.4. The Morgan fingerprint density at radius 1 is 1.30 bits per heavy atom. The highest BCUT2D eigenvalue weighted by molar-refractivity contribution is 5.79. The second-order valence-corrected chi connectivity index (χ2v) is 7.47. The maximum Gasteiger partial charge on any atom is 0.411 e. The lowest BCUT2D eigenvalue weighted by Gasteiger charge is -2.42. The predicted octanol–water partition coefficient (Wildman–Crippen LogP) is 3.69. The van der Waals surface area contributed by atoms with E-state index in [9.17, 15) is 9.59 Å². The molecule has 1 amide bonds. The van der Waals surface area contributed by atoms with Crippen LogP contribution in [0.1, 0.15) is 52.6 Å². The van der Waals surface area contributed by atoms with Crippen LogP contribution in [0.3, 0.4) is 0 Å². The first kappa shape index (κ1) is 17.3. The van der Waals surface area contributed by atoms with E-state index in [4.69, 9.17) is 9.47 Å². The van der Waals surface area contributed by atoms with Crippen molar-refractivity contribution in [1.82, 2.24) is 4.90 Å². The number of esters is 1. The number of benzene rings is 1. The highest BCUT2D eigenvalue weighted by Crippen LogP contribution is 2.36. The third kappa shape index (κ3) is 4.71. The van der Waals surface area contributed by atoms with Crippen molar-refractivity contribution in [3.63, 3.8) is 0 Å². The van der Waals surface area contributed by atoms with Gasteiger partial charge >= 0.3 is 12.1 Å². The summed E-state index contributed by atoms with van der Waals surface area (Å²) in [6, 6.07) is 9.48. The Hall–Kier alpha value is -2.04. The molecule has 1 aromatic carbocycles. The molecule has 1 saturated heterocycles. The molecule has 2 rings (SSSR count). The number of carbonyl (C=O) groups excluding carboxylic acids is 2. The Bertz CT molecular complexity index is 574. The molecule has 5 heteroatoms. The molecule has 0 bridgehead atoms. The van der Waals surface area contributed by atoms with Gasteiger partial charge in [-0.1, -0.05) is 30.3 Å². The number of rotatable bonds is 3. The van der Waals surface area contributed by atoms with E-state index < -0.39 is 23.3 Å². The van der Waals surface area contributed by atoms with Gasteiger partial charge in [-0.3, -0.25) is 9.69 Å². The molecular weight excluding hydrogens is 294 g/mol. The fourth-order valence-corrected chi connectivity index (χ4v) is 2.70. The van der Waals surface area contributed by atoms with Crippen LogP contribution in [0.5, 0.6) is 0 Å². The average Bonchev–Trinajstić information content (AvgIpc) is 2.40. The van der Waals surface area contributed by atoms with Gasteiger partial charge in [-0.05, 0) is 40.2 Å². The summed E-state index contributed by atoms with van der Waals surface area (Å²) in [4.78, 5) is 26.0. The number of hydrogen-bond donors (Lipinski definition) is 0. The van der Waals surface area contributed by atoms with Crippen molar-refractivity contribution in [2.45, 2.75) is 58.3 Å². The molecule has 1 heterocycles. The van der Waals surface area contributed by atoms with Crippen molar-refractivity contribution in [1.29, 1.82) is 0 Å². The lowest BCUT2D eigenvalue weighted by Crippen LogP contribution is -2.50. The van der Waals surface area contributed by atoms with Crippen LogP contribution in [-0.4, -0.2) is 34.7 Å². The molecule has 0 unspecified atom stereocenters. The van der Waals surface area contributed by atoms with Gasteiger partial charge in [0.1, 0.15) is 17.7 Å². The second-order valence-electron chi connectivity index (χ2n) is 7.47. The zero-order valence-electron chi connectivity index (χ0n) is 14.5. The lowest BCUT2D eigenvalue weighted by molar-refractivity contribution is -0.158. The highest BCUT2D eigenvalue weighted by Gasteiger charge is 2.41. The molecule has 0 spiro atoms. The molecule has 0 aliphatic carbocycles. The Morgan fingerprint density at radius 2 is 1.91 bits per heavy atom. The molecule has 1 aliphatic rings. The molecule has 5 nitrogen and oxygen atoms in total. The van der Waals surface area contributed by atoms with E-state index in [1.165, 1.54) is 4.90 Å². The zero-order chi connectivity index (χ0) is 17.3. The molecule has 0 saturated carbocycles. The monoisotopic (exact) mass is 319 g/mol. The molecular formula is C18H25NO4. The Kier molecular flexibility index (Phi) is 4.68. The number of hydrogen-bond acceptors (Lipinski definition) is 4. The van der Waals surface area contributed by atoms with Crippen molar-refractivity contribution in [3.8, 4) is 0 Å². The van der Waals surface area contributed by atoms with E-state index in [0.29, 0.717) is 6.42 Å². The normalized spacial score (nSPS) is 20.8. The van der Waals surface area contributed by atoms with Gasteiger partial charge in [-0.25, -0.2) is 4.79 Å². The summed E-state index contributed by atoms with van der Waals surface area (Å²) < 4.78 is 10.8. The Labute approximate surface area is 137 Å². The summed E-state index contributed by atoms with van der Waals surface area (Å²) in [6.45, 7) is 9.05. The summed E-state index contributed by atoms with van der Waals surface area (Å²) in [7, 11) is 0. The van der Waals surface area contributed by atoms with E-state index in [-0.39, 0.29) is 12.6 Å². The van der Waals surface area contributed by atoms with Gasteiger partial charge < -0.3 is 9.47 Å². The van der Waals surface area contributed by atoms with Gasteiger partial charge in [0, 0.05) is 6.42 Å². The minimum absolute atomic E-state index is 0.119. The quantitative estimate of drug-likeness (QED) is 0.797. The summed E-state index contributed by atoms with van der Waals surface area (Å²) in [5.41, 5.74) is -0.166. The van der Waals surface area contributed by atoms with E-state index in [1.807, 2.05) is 44.2 Å². The number of cyclic esters (lactones) is 1. The third-order valence-corrected chi connectivity index (χ3v) is 3.56. The van der Waals surface area contributed by atoms with E-state index in [0.717, 1.165) is 5.56 Å². The standard InChI is InChI=1S/C18H25NO4/c1-17(2,3)22-15(20)12-19-14(13-9-7-6-8-10-13)11-18(4,5)23-16(19)21/h6-10,14H,11-12H2,1-5H3/t14-/m1/s1. The highest BCUT2D eigenvalue weighted by atomic mass is 16.6. The van der Waals surface area contributed by atoms with Crippen molar-refractivity contribution >= 4 is 12.1 Å². The first-order chi connectivity index (χ1) is 10.6. The van der Waals surface area contributed by atoms with Gasteiger partial charge in [-0.15, -0.1) is 0 Å². The fraction of sp³-hybridized carbons (Fsp3) is 0.556. The van der Waals surface area contributed by atoms with Crippen LogP contribution < -0.4 is 0 Å².